The quantitative estimate of drug-likeness (QED) is 0.754. The Bertz CT molecular complexity index is 704. The topological polar surface area (TPSA) is 69.7 Å². The van der Waals surface area contributed by atoms with Crippen LogP contribution in [0.2, 0.25) is 0 Å². The summed E-state index contributed by atoms with van der Waals surface area (Å²) >= 11 is 0. The van der Waals surface area contributed by atoms with Gasteiger partial charge in [0.05, 0.1) is 13.7 Å². The third kappa shape index (κ3) is 5.11. The van der Waals surface area contributed by atoms with Crippen LogP contribution in [0, 0.1) is 0 Å². The summed E-state index contributed by atoms with van der Waals surface area (Å²) in [5, 5.41) is 2.73. The van der Waals surface area contributed by atoms with Gasteiger partial charge in [0, 0.05) is 6.20 Å². The van der Waals surface area contributed by atoms with Gasteiger partial charge < -0.3 is 19.5 Å². The molecule has 0 atom stereocenters. The number of ether oxygens (including phenoxy) is 3. The molecule has 0 aliphatic heterocycles. The van der Waals surface area contributed by atoms with Crippen LogP contribution in [0.3, 0.4) is 0 Å². The van der Waals surface area contributed by atoms with Crippen molar-refractivity contribution in [3.05, 3.63) is 42.1 Å². The third-order valence-corrected chi connectivity index (χ3v) is 3.47. The first-order valence-corrected chi connectivity index (χ1v) is 8.35. The SMILES string of the molecule is CCCc1cccc(OCC(=O)Nc2cccnc2OC)c1OCC. The van der Waals surface area contributed by atoms with E-state index < -0.39 is 0 Å². The molecule has 0 aliphatic rings. The number of carbonyl (C=O) groups excluding carboxylic acids is 1. The Hall–Kier alpha value is -2.76. The number of carbonyl (C=O) groups is 1. The highest BCUT2D eigenvalue weighted by molar-refractivity contribution is 5.93. The van der Waals surface area contributed by atoms with Gasteiger partial charge in [-0.05, 0) is 37.1 Å². The van der Waals surface area contributed by atoms with Gasteiger partial charge >= 0.3 is 0 Å². The molecule has 6 nitrogen and oxygen atoms in total. The number of hydrogen-bond acceptors (Lipinski definition) is 5. The Morgan fingerprint density at radius 3 is 2.72 bits per heavy atom. The Labute approximate surface area is 148 Å². The van der Waals surface area contributed by atoms with Crippen molar-refractivity contribution in [1.82, 2.24) is 4.98 Å². The Morgan fingerprint density at radius 2 is 2.00 bits per heavy atom. The minimum atomic E-state index is -0.297. The van der Waals surface area contributed by atoms with Gasteiger partial charge in [-0.3, -0.25) is 4.79 Å². The average molecular weight is 344 g/mol. The van der Waals surface area contributed by atoms with Crippen LogP contribution >= 0.6 is 0 Å². The molecule has 0 radical (unpaired) electrons. The van der Waals surface area contributed by atoms with Crippen molar-refractivity contribution in [3.8, 4) is 17.4 Å². The molecular formula is C19H24N2O4. The molecule has 1 aromatic heterocycles. The maximum Gasteiger partial charge on any atom is 0.262 e. The first-order valence-electron chi connectivity index (χ1n) is 8.35. The van der Waals surface area contributed by atoms with E-state index in [-0.39, 0.29) is 12.5 Å². The van der Waals surface area contributed by atoms with E-state index in [9.17, 15) is 4.79 Å². The molecule has 0 fully saturated rings. The molecule has 6 heteroatoms. The highest BCUT2D eigenvalue weighted by atomic mass is 16.5. The summed E-state index contributed by atoms with van der Waals surface area (Å²) < 4.78 is 16.5. The molecule has 1 amide bonds. The van der Waals surface area contributed by atoms with Crippen LogP contribution in [0.1, 0.15) is 25.8 Å². The number of para-hydroxylation sites is 1. The monoisotopic (exact) mass is 344 g/mol. The van der Waals surface area contributed by atoms with Crippen LogP contribution < -0.4 is 19.5 Å². The number of anilines is 1. The summed E-state index contributed by atoms with van der Waals surface area (Å²) in [5.41, 5.74) is 1.58. The zero-order valence-corrected chi connectivity index (χ0v) is 14.9. The molecule has 25 heavy (non-hydrogen) atoms. The van der Waals surface area contributed by atoms with Gasteiger partial charge in [-0.25, -0.2) is 4.98 Å². The largest absolute Gasteiger partial charge is 0.490 e. The molecule has 1 N–H and O–H groups in total. The van der Waals surface area contributed by atoms with Crippen LogP contribution in [0.25, 0.3) is 0 Å². The van der Waals surface area contributed by atoms with Crippen molar-refractivity contribution in [1.29, 1.82) is 0 Å². The Balaban J connectivity index is 2.05. The number of rotatable bonds is 9. The molecule has 1 heterocycles. The van der Waals surface area contributed by atoms with E-state index >= 15 is 0 Å². The lowest BCUT2D eigenvalue weighted by atomic mass is 10.1. The lowest BCUT2D eigenvalue weighted by Crippen LogP contribution is -2.21. The second kappa shape index (κ2) is 9.52. The predicted octanol–water partition coefficient (Wildman–Crippen LogP) is 3.46. The van der Waals surface area contributed by atoms with Gasteiger partial charge in [-0.1, -0.05) is 25.5 Å². The molecule has 2 rings (SSSR count). The van der Waals surface area contributed by atoms with Gasteiger partial charge in [0.1, 0.15) is 5.69 Å². The van der Waals surface area contributed by atoms with E-state index in [1.165, 1.54) is 7.11 Å². The molecule has 2 aromatic rings. The molecule has 0 unspecified atom stereocenters. The van der Waals surface area contributed by atoms with Crippen LogP contribution in [0.15, 0.2) is 36.5 Å². The number of pyridine rings is 1. The molecule has 0 spiro atoms. The van der Waals surface area contributed by atoms with Gasteiger partial charge in [-0.15, -0.1) is 0 Å². The van der Waals surface area contributed by atoms with Gasteiger partial charge in [0.25, 0.3) is 5.91 Å². The number of nitrogens with zero attached hydrogens (tertiary/aromatic N) is 1. The summed E-state index contributed by atoms with van der Waals surface area (Å²) in [7, 11) is 1.50. The smallest absolute Gasteiger partial charge is 0.262 e. The highest BCUT2D eigenvalue weighted by Crippen LogP contribution is 2.32. The Morgan fingerprint density at radius 1 is 1.16 bits per heavy atom. The van der Waals surface area contributed by atoms with E-state index in [4.69, 9.17) is 14.2 Å². The van der Waals surface area contributed by atoms with Crippen LogP contribution in [-0.2, 0) is 11.2 Å². The minimum Gasteiger partial charge on any atom is -0.490 e. The van der Waals surface area contributed by atoms with Gasteiger partial charge in [0.2, 0.25) is 5.88 Å². The molecule has 0 bridgehead atoms. The summed E-state index contributed by atoms with van der Waals surface area (Å²) in [6, 6.07) is 9.17. The van der Waals surface area contributed by atoms with Gasteiger partial charge in [0.15, 0.2) is 18.1 Å². The zero-order valence-electron chi connectivity index (χ0n) is 14.9. The van der Waals surface area contributed by atoms with E-state index in [0.29, 0.717) is 29.7 Å². The van der Waals surface area contributed by atoms with Crippen molar-refractivity contribution in [3.63, 3.8) is 0 Å². The summed E-state index contributed by atoms with van der Waals surface area (Å²) in [5.74, 6) is 1.34. The predicted molar refractivity (Wildman–Crippen MR) is 96.5 cm³/mol. The molecule has 0 saturated carbocycles. The average Bonchev–Trinajstić information content (AvgIpc) is 2.63. The van der Waals surface area contributed by atoms with Crippen molar-refractivity contribution < 1.29 is 19.0 Å². The second-order valence-corrected chi connectivity index (χ2v) is 5.32. The maximum absolute atomic E-state index is 12.2. The molecule has 0 aliphatic carbocycles. The van der Waals surface area contributed by atoms with Crippen LogP contribution in [0.5, 0.6) is 17.4 Å². The fourth-order valence-electron chi connectivity index (χ4n) is 2.43. The van der Waals surface area contributed by atoms with E-state index in [1.807, 2.05) is 25.1 Å². The van der Waals surface area contributed by atoms with E-state index in [0.717, 1.165) is 18.4 Å². The van der Waals surface area contributed by atoms with E-state index in [2.05, 4.69) is 17.2 Å². The lowest BCUT2D eigenvalue weighted by Gasteiger charge is -2.15. The standard InChI is InChI=1S/C19H24N2O4/c1-4-8-14-9-6-11-16(18(14)24-5-2)25-13-17(22)21-15-10-7-12-20-19(15)23-3/h6-7,9-12H,4-5,8,13H2,1-3H3,(H,21,22). The van der Waals surface area contributed by atoms with Crippen molar-refractivity contribution in [2.75, 3.05) is 25.6 Å². The minimum absolute atomic E-state index is 0.131. The normalized spacial score (nSPS) is 10.2. The number of nitrogens with one attached hydrogen (secondary N) is 1. The first-order chi connectivity index (χ1) is 12.2. The molecule has 1 aromatic carbocycles. The Kier molecular flexibility index (Phi) is 7.07. The molecule has 134 valence electrons. The third-order valence-electron chi connectivity index (χ3n) is 3.47. The first kappa shape index (κ1) is 18.6. The number of aromatic nitrogens is 1. The number of aryl methyl sites for hydroxylation is 1. The number of hydrogen-bond donors (Lipinski definition) is 1. The molecular weight excluding hydrogens is 320 g/mol. The number of methoxy groups -OCH3 is 1. The van der Waals surface area contributed by atoms with Crippen LogP contribution in [-0.4, -0.2) is 31.2 Å². The van der Waals surface area contributed by atoms with Gasteiger partial charge in [-0.2, -0.15) is 0 Å². The summed E-state index contributed by atoms with van der Waals surface area (Å²) in [6.07, 6.45) is 3.50. The van der Waals surface area contributed by atoms with Crippen LogP contribution in [0.4, 0.5) is 5.69 Å². The second-order valence-electron chi connectivity index (χ2n) is 5.32. The lowest BCUT2D eigenvalue weighted by molar-refractivity contribution is -0.118. The molecule has 0 saturated heterocycles. The van der Waals surface area contributed by atoms with Crippen molar-refractivity contribution in [2.24, 2.45) is 0 Å². The van der Waals surface area contributed by atoms with Crippen molar-refractivity contribution in [2.45, 2.75) is 26.7 Å². The number of benzene rings is 1. The van der Waals surface area contributed by atoms with Crippen molar-refractivity contribution >= 4 is 11.6 Å². The fourth-order valence-corrected chi connectivity index (χ4v) is 2.43. The number of amides is 1. The summed E-state index contributed by atoms with van der Waals surface area (Å²) in [6.45, 7) is 4.44. The maximum atomic E-state index is 12.2. The fraction of sp³-hybridized carbons (Fsp3) is 0.368. The summed E-state index contributed by atoms with van der Waals surface area (Å²) in [4.78, 5) is 16.2. The van der Waals surface area contributed by atoms with E-state index in [1.54, 1.807) is 18.3 Å². The zero-order chi connectivity index (χ0) is 18.1. The highest BCUT2D eigenvalue weighted by Gasteiger charge is 2.13.